The Balaban J connectivity index is 2.13. The number of rotatable bonds is 7. The standard InChI is InChI=1S/C21H36N4O4/c1-6-24-8-7-21(14-22,15-24)23-18(26)17(13-20(4,5)16(2)3)29-19(27)25-9-11-28-12-10-25/h16-17H,6-13,15H2,1-5H3,(H,23,26)/t17-,21?/m0/s1. The van der Waals surface area contributed by atoms with Gasteiger partial charge in [0.1, 0.15) is 5.54 Å². The molecule has 29 heavy (non-hydrogen) atoms. The van der Waals surface area contributed by atoms with E-state index in [1.165, 1.54) is 0 Å². The highest BCUT2D eigenvalue weighted by atomic mass is 16.6. The summed E-state index contributed by atoms with van der Waals surface area (Å²) in [4.78, 5) is 29.5. The summed E-state index contributed by atoms with van der Waals surface area (Å²) in [6.07, 6.45) is -0.476. The number of carbonyl (C=O) groups is 2. The molecular formula is C21H36N4O4. The average Bonchev–Trinajstić information content (AvgIpc) is 3.11. The van der Waals surface area contributed by atoms with Gasteiger partial charge in [0.2, 0.25) is 0 Å². The number of likely N-dealkylation sites (N-methyl/N-ethyl adjacent to an activating group) is 1. The van der Waals surface area contributed by atoms with Crippen LogP contribution >= 0.6 is 0 Å². The molecule has 8 heteroatoms. The number of hydrogen-bond acceptors (Lipinski definition) is 6. The van der Waals surface area contributed by atoms with Gasteiger partial charge in [0.15, 0.2) is 6.10 Å². The molecule has 0 spiro atoms. The first-order valence-corrected chi connectivity index (χ1v) is 10.6. The lowest BCUT2D eigenvalue weighted by molar-refractivity contribution is -0.133. The van der Waals surface area contributed by atoms with E-state index in [1.807, 2.05) is 6.92 Å². The van der Waals surface area contributed by atoms with E-state index in [-0.39, 0.29) is 11.3 Å². The molecule has 2 atom stereocenters. The monoisotopic (exact) mass is 408 g/mol. The molecule has 2 amide bonds. The molecule has 0 aliphatic carbocycles. The largest absolute Gasteiger partial charge is 0.436 e. The topological polar surface area (TPSA) is 94.9 Å². The fourth-order valence-electron chi connectivity index (χ4n) is 3.54. The van der Waals surface area contributed by atoms with Crippen molar-refractivity contribution in [2.75, 3.05) is 45.9 Å². The third kappa shape index (κ3) is 6.06. The van der Waals surface area contributed by atoms with Crippen molar-refractivity contribution >= 4 is 12.0 Å². The lowest BCUT2D eigenvalue weighted by Crippen LogP contribution is -2.54. The van der Waals surface area contributed by atoms with Crippen LogP contribution in [0.2, 0.25) is 0 Å². The molecule has 2 saturated heterocycles. The summed E-state index contributed by atoms with van der Waals surface area (Å²) in [5, 5.41) is 12.7. The van der Waals surface area contributed by atoms with Crippen LogP contribution in [0.1, 0.15) is 47.5 Å². The van der Waals surface area contributed by atoms with Crippen LogP contribution in [0.5, 0.6) is 0 Å². The van der Waals surface area contributed by atoms with Crippen LogP contribution in [0, 0.1) is 22.7 Å². The Morgan fingerprint density at radius 2 is 1.93 bits per heavy atom. The van der Waals surface area contributed by atoms with Crippen molar-refractivity contribution in [2.24, 2.45) is 11.3 Å². The van der Waals surface area contributed by atoms with Crippen molar-refractivity contribution in [2.45, 2.75) is 59.1 Å². The van der Waals surface area contributed by atoms with E-state index in [4.69, 9.17) is 9.47 Å². The number of ether oxygens (including phenoxy) is 2. The van der Waals surface area contributed by atoms with E-state index in [0.717, 1.165) is 13.1 Å². The summed E-state index contributed by atoms with van der Waals surface area (Å²) in [6.45, 7) is 14.3. The number of morpholine rings is 1. The molecule has 8 nitrogen and oxygen atoms in total. The lowest BCUT2D eigenvalue weighted by atomic mass is 9.76. The zero-order chi connectivity index (χ0) is 21.7. The SMILES string of the molecule is CCN1CCC(C#N)(NC(=O)[C@H](CC(C)(C)C(C)C)OC(=O)N2CCOCC2)C1. The molecule has 1 unspecified atom stereocenters. The maximum Gasteiger partial charge on any atom is 0.410 e. The molecule has 2 heterocycles. The Bertz CT molecular complexity index is 625. The Morgan fingerprint density at radius 1 is 1.28 bits per heavy atom. The Hall–Kier alpha value is -1.85. The molecule has 0 radical (unpaired) electrons. The summed E-state index contributed by atoms with van der Waals surface area (Å²) < 4.78 is 11.0. The normalized spacial score (nSPS) is 24.2. The highest BCUT2D eigenvalue weighted by molar-refractivity contribution is 5.84. The van der Waals surface area contributed by atoms with Crippen LogP contribution in [0.15, 0.2) is 0 Å². The van der Waals surface area contributed by atoms with Gasteiger partial charge in [0, 0.05) is 26.2 Å². The van der Waals surface area contributed by atoms with Crippen LogP contribution in [0.4, 0.5) is 4.79 Å². The number of carbonyl (C=O) groups excluding carboxylic acids is 2. The molecule has 0 aromatic carbocycles. The first-order valence-electron chi connectivity index (χ1n) is 10.6. The number of amides is 2. The predicted molar refractivity (Wildman–Crippen MR) is 109 cm³/mol. The van der Waals surface area contributed by atoms with Crippen molar-refractivity contribution in [1.29, 1.82) is 5.26 Å². The maximum absolute atomic E-state index is 13.2. The molecule has 0 aromatic heterocycles. The van der Waals surface area contributed by atoms with E-state index < -0.39 is 17.7 Å². The number of nitriles is 1. The minimum Gasteiger partial charge on any atom is -0.436 e. The fourth-order valence-corrected chi connectivity index (χ4v) is 3.54. The molecule has 2 aliphatic rings. The van der Waals surface area contributed by atoms with Crippen LogP contribution < -0.4 is 5.32 Å². The zero-order valence-corrected chi connectivity index (χ0v) is 18.5. The van der Waals surface area contributed by atoms with E-state index >= 15 is 0 Å². The maximum atomic E-state index is 13.2. The smallest absolute Gasteiger partial charge is 0.410 e. The molecule has 0 aromatic rings. The van der Waals surface area contributed by atoms with Crippen molar-refractivity contribution < 1.29 is 19.1 Å². The van der Waals surface area contributed by atoms with Crippen LogP contribution in [-0.4, -0.2) is 79.4 Å². The van der Waals surface area contributed by atoms with Crippen molar-refractivity contribution in [3.05, 3.63) is 0 Å². The van der Waals surface area contributed by atoms with Gasteiger partial charge in [0.05, 0.1) is 19.3 Å². The molecular weight excluding hydrogens is 372 g/mol. The molecule has 1 N–H and O–H groups in total. The van der Waals surface area contributed by atoms with E-state index in [9.17, 15) is 14.9 Å². The highest BCUT2D eigenvalue weighted by Gasteiger charge is 2.42. The Kier molecular flexibility index (Phi) is 7.89. The van der Waals surface area contributed by atoms with Gasteiger partial charge in [0.25, 0.3) is 5.91 Å². The van der Waals surface area contributed by atoms with Crippen LogP contribution in [0.25, 0.3) is 0 Å². The summed E-state index contributed by atoms with van der Waals surface area (Å²) in [7, 11) is 0. The van der Waals surface area contributed by atoms with E-state index in [1.54, 1.807) is 4.90 Å². The lowest BCUT2D eigenvalue weighted by Gasteiger charge is -2.35. The molecule has 2 fully saturated rings. The number of nitrogens with one attached hydrogen (secondary N) is 1. The second-order valence-corrected chi connectivity index (χ2v) is 9.12. The molecule has 2 aliphatic heterocycles. The molecule has 2 rings (SSSR count). The molecule has 0 saturated carbocycles. The van der Waals surface area contributed by atoms with Gasteiger partial charge >= 0.3 is 6.09 Å². The summed E-state index contributed by atoms with van der Waals surface area (Å²) >= 11 is 0. The van der Waals surface area contributed by atoms with Crippen LogP contribution in [0.3, 0.4) is 0 Å². The van der Waals surface area contributed by atoms with Gasteiger partial charge in [-0.2, -0.15) is 5.26 Å². The van der Waals surface area contributed by atoms with Gasteiger partial charge in [-0.1, -0.05) is 34.6 Å². The predicted octanol–water partition coefficient (Wildman–Crippen LogP) is 2.00. The van der Waals surface area contributed by atoms with E-state index in [2.05, 4.69) is 44.0 Å². The van der Waals surface area contributed by atoms with E-state index in [0.29, 0.717) is 51.6 Å². The summed E-state index contributed by atoms with van der Waals surface area (Å²) in [6, 6.07) is 2.29. The van der Waals surface area contributed by atoms with Crippen molar-refractivity contribution in [1.82, 2.24) is 15.1 Å². The first kappa shape index (κ1) is 23.4. The Morgan fingerprint density at radius 3 is 2.45 bits per heavy atom. The van der Waals surface area contributed by atoms with Gasteiger partial charge in [-0.15, -0.1) is 0 Å². The molecule has 0 bridgehead atoms. The first-order chi connectivity index (χ1) is 13.6. The quantitative estimate of drug-likeness (QED) is 0.692. The van der Waals surface area contributed by atoms with Gasteiger partial charge in [-0.25, -0.2) is 4.79 Å². The third-order valence-electron chi connectivity index (χ3n) is 6.45. The van der Waals surface area contributed by atoms with Gasteiger partial charge in [-0.3, -0.25) is 4.79 Å². The van der Waals surface area contributed by atoms with Crippen molar-refractivity contribution in [3.63, 3.8) is 0 Å². The second kappa shape index (κ2) is 9.77. The minimum absolute atomic E-state index is 0.210. The average molecular weight is 409 g/mol. The molecule has 164 valence electrons. The summed E-state index contributed by atoms with van der Waals surface area (Å²) in [5.41, 5.74) is -1.14. The number of nitrogens with zero attached hydrogens (tertiary/aromatic N) is 3. The van der Waals surface area contributed by atoms with Gasteiger partial charge in [-0.05, 0) is 30.7 Å². The van der Waals surface area contributed by atoms with Crippen molar-refractivity contribution in [3.8, 4) is 6.07 Å². The Labute approximate surface area is 174 Å². The summed E-state index contributed by atoms with van der Waals surface area (Å²) in [5.74, 6) is -0.0910. The van der Waals surface area contributed by atoms with Crippen LogP contribution in [-0.2, 0) is 14.3 Å². The highest BCUT2D eigenvalue weighted by Crippen LogP contribution is 2.33. The number of hydrogen-bond donors (Lipinski definition) is 1. The van der Waals surface area contributed by atoms with Gasteiger partial charge < -0.3 is 24.6 Å². The third-order valence-corrected chi connectivity index (χ3v) is 6.45. The second-order valence-electron chi connectivity index (χ2n) is 9.12. The fraction of sp³-hybridized carbons (Fsp3) is 0.857. The number of likely N-dealkylation sites (tertiary alicyclic amines) is 1. The zero-order valence-electron chi connectivity index (χ0n) is 18.5. The minimum atomic E-state index is -0.941.